The molecule has 0 atom stereocenters. The first-order chi connectivity index (χ1) is 10.3. The van der Waals surface area contributed by atoms with E-state index < -0.39 is 0 Å². The first-order valence-electron chi connectivity index (χ1n) is 6.47. The van der Waals surface area contributed by atoms with Gasteiger partial charge in [0.05, 0.1) is 16.9 Å². The summed E-state index contributed by atoms with van der Waals surface area (Å²) in [6.07, 6.45) is 6.92. The maximum atomic E-state index is 12.4. The van der Waals surface area contributed by atoms with E-state index in [1.165, 1.54) is 11.3 Å². The molecule has 3 rings (SSSR count). The van der Waals surface area contributed by atoms with E-state index in [1.807, 2.05) is 49.5 Å². The fraction of sp³-hybridized carbons (Fsp3) is 0.0625. The second kappa shape index (κ2) is 5.85. The smallest absolute Gasteiger partial charge is 0.188 e. The molecule has 2 aromatic heterocycles. The second-order valence-electron chi connectivity index (χ2n) is 4.47. The van der Waals surface area contributed by atoms with E-state index in [1.54, 1.807) is 22.5 Å². The highest BCUT2D eigenvalue weighted by Gasteiger charge is 2.10. The van der Waals surface area contributed by atoms with Crippen molar-refractivity contribution in [2.75, 3.05) is 0 Å². The molecule has 0 fully saturated rings. The first-order valence-corrected chi connectivity index (χ1v) is 7.35. The number of thiazole rings is 1. The summed E-state index contributed by atoms with van der Waals surface area (Å²) in [5.41, 5.74) is 4.11. The third-order valence-electron chi connectivity index (χ3n) is 3.09. The molecule has 0 N–H and O–H groups in total. The van der Waals surface area contributed by atoms with Gasteiger partial charge in [-0.3, -0.25) is 4.79 Å². The number of hydrogen-bond acceptors (Lipinski definition) is 4. The van der Waals surface area contributed by atoms with Crippen LogP contribution in [0.1, 0.15) is 20.9 Å². The van der Waals surface area contributed by atoms with Gasteiger partial charge in [-0.05, 0) is 37.3 Å². The number of para-hydroxylation sites is 1. The molecule has 0 spiro atoms. The summed E-state index contributed by atoms with van der Waals surface area (Å²) in [6.45, 7) is 1.93. The Morgan fingerprint density at radius 2 is 2.14 bits per heavy atom. The maximum Gasteiger partial charge on any atom is 0.188 e. The van der Waals surface area contributed by atoms with Gasteiger partial charge in [0.15, 0.2) is 5.78 Å². The molecule has 0 amide bonds. The molecule has 0 aliphatic carbocycles. The molecule has 21 heavy (non-hydrogen) atoms. The van der Waals surface area contributed by atoms with Crippen molar-refractivity contribution >= 4 is 23.2 Å². The van der Waals surface area contributed by atoms with Gasteiger partial charge in [-0.2, -0.15) is 5.10 Å². The predicted molar refractivity (Wildman–Crippen MR) is 83.8 cm³/mol. The molecule has 5 heteroatoms. The molecule has 0 radical (unpaired) electrons. The number of aromatic nitrogens is 3. The average Bonchev–Trinajstić information content (AvgIpc) is 3.16. The number of carbonyl (C=O) groups excluding carboxylic acids is 1. The van der Waals surface area contributed by atoms with Crippen molar-refractivity contribution in [3.05, 3.63) is 70.4 Å². The summed E-state index contributed by atoms with van der Waals surface area (Å²) in [6, 6.07) is 9.27. The van der Waals surface area contributed by atoms with Crippen LogP contribution in [0.2, 0.25) is 0 Å². The van der Waals surface area contributed by atoms with Gasteiger partial charge < -0.3 is 0 Å². The molecule has 0 bridgehead atoms. The zero-order valence-electron chi connectivity index (χ0n) is 11.4. The largest absolute Gasteiger partial charge is 0.289 e. The van der Waals surface area contributed by atoms with Crippen LogP contribution in [0.25, 0.3) is 11.8 Å². The highest BCUT2D eigenvalue weighted by Crippen LogP contribution is 2.17. The van der Waals surface area contributed by atoms with Crippen molar-refractivity contribution in [1.82, 2.24) is 14.8 Å². The molecular formula is C16H13N3OS. The summed E-state index contributed by atoms with van der Waals surface area (Å²) >= 11 is 1.52. The second-order valence-corrected chi connectivity index (χ2v) is 5.35. The van der Waals surface area contributed by atoms with Crippen LogP contribution in [-0.4, -0.2) is 20.5 Å². The van der Waals surface area contributed by atoms with Crippen LogP contribution in [-0.2, 0) is 0 Å². The Morgan fingerprint density at radius 3 is 2.86 bits per heavy atom. The van der Waals surface area contributed by atoms with Gasteiger partial charge in [0, 0.05) is 22.8 Å². The van der Waals surface area contributed by atoms with Crippen molar-refractivity contribution < 1.29 is 4.79 Å². The number of benzene rings is 1. The molecule has 3 aromatic rings. The number of carbonyl (C=O) groups is 1. The Bertz CT molecular complexity index is 787. The molecule has 0 aliphatic rings. The van der Waals surface area contributed by atoms with Gasteiger partial charge in [0.25, 0.3) is 0 Å². The van der Waals surface area contributed by atoms with Crippen molar-refractivity contribution in [2.24, 2.45) is 0 Å². The van der Waals surface area contributed by atoms with Gasteiger partial charge in [0.1, 0.15) is 0 Å². The van der Waals surface area contributed by atoms with Crippen LogP contribution in [0, 0.1) is 6.92 Å². The normalized spacial score (nSPS) is 11.1. The van der Waals surface area contributed by atoms with Gasteiger partial charge in [-0.1, -0.05) is 12.1 Å². The molecule has 0 aliphatic heterocycles. The molecule has 1 aromatic carbocycles. The lowest BCUT2D eigenvalue weighted by molar-refractivity contribution is 0.104. The van der Waals surface area contributed by atoms with Crippen LogP contribution in [0.15, 0.2) is 54.3 Å². The summed E-state index contributed by atoms with van der Waals surface area (Å²) in [7, 11) is 0. The number of hydrogen-bond donors (Lipinski definition) is 0. The fourth-order valence-corrected chi connectivity index (χ4v) is 2.70. The minimum absolute atomic E-state index is 0.0473. The summed E-state index contributed by atoms with van der Waals surface area (Å²) in [5, 5.41) is 4.19. The summed E-state index contributed by atoms with van der Waals surface area (Å²) in [4.78, 5) is 17.6. The molecule has 0 saturated carbocycles. The van der Waals surface area contributed by atoms with Crippen LogP contribution >= 0.6 is 11.3 Å². The minimum Gasteiger partial charge on any atom is -0.289 e. The Labute approximate surface area is 126 Å². The lowest BCUT2D eigenvalue weighted by Crippen LogP contribution is -2.04. The molecule has 2 heterocycles. The topological polar surface area (TPSA) is 47.8 Å². The van der Waals surface area contributed by atoms with Crippen LogP contribution in [0.4, 0.5) is 0 Å². The van der Waals surface area contributed by atoms with E-state index in [9.17, 15) is 4.79 Å². The Balaban J connectivity index is 1.92. The zero-order valence-corrected chi connectivity index (χ0v) is 12.2. The lowest BCUT2D eigenvalue weighted by atomic mass is 10.1. The minimum atomic E-state index is -0.0473. The first kappa shape index (κ1) is 13.5. The van der Waals surface area contributed by atoms with E-state index in [2.05, 4.69) is 10.1 Å². The molecule has 0 saturated heterocycles. The highest BCUT2D eigenvalue weighted by molar-refractivity contribution is 7.10. The zero-order chi connectivity index (χ0) is 14.7. The molecule has 0 unspecified atom stereocenters. The van der Waals surface area contributed by atoms with Gasteiger partial charge in [-0.15, -0.1) is 11.3 Å². The van der Waals surface area contributed by atoms with Gasteiger partial charge in [-0.25, -0.2) is 9.67 Å². The molecule has 4 nitrogen and oxygen atoms in total. The number of rotatable bonds is 4. The Morgan fingerprint density at radius 1 is 1.29 bits per heavy atom. The van der Waals surface area contributed by atoms with Crippen molar-refractivity contribution in [1.29, 1.82) is 0 Å². The summed E-state index contributed by atoms with van der Waals surface area (Å²) in [5.74, 6) is -0.0473. The Hall–Kier alpha value is -2.53. The van der Waals surface area contributed by atoms with Crippen molar-refractivity contribution in [2.45, 2.75) is 6.92 Å². The van der Waals surface area contributed by atoms with E-state index in [4.69, 9.17) is 0 Å². The monoisotopic (exact) mass is 295 g/mol. The quantitative estimate of drug-likeness (QED) is 0.546. The van der Waals surface area contributed by atoms with E-state index in [0.717, 1.165) is 16.3 Å². The maximum absolute atomic E-state index is 12.4. The Kier molecular flexibility index (Phi) is 3.75. The van der Waals surface area contributed by atoms with E-state index >= 15 is 0 Å². The number of ketones is 1. The van der Waals surface area contributed by atoms with Crippen molar-refractivity contribution in [3.63, 3.8) is 0 Å². The van der Waals surface area contributed by atoms with Crippen LogP contribution in [0.5, 0.6) is 0 Å². The molecule has 104 valence electrons. The highest BCUT2D eigenvalue weighted by atomic mass is 32.1. The molecular weight excluding hydrogens is 282 g/mol. The van der Waals surface area contributed by atoms with E-state index in [-0.39, 0.29) is 5.78 Å². The van der Waals surface area contributed by atoms with Crippen molar-refractivity contribution in [3.8, 4) is 5.69 Å². The third kappa shape index (κ3) is 2.83. The standard InChI is InChI=1S/C16H13N3OS/c1-12-16(21-11-17-12)8-7-15(20)13-5-2-3-6-14(13)19-10-4-9-18-19/h2-11H,1H3. The van der Waals surface area contributed by atoms with Gasteiger partial charge in [0.2, 0.25) is 0 Å². The summed E-state index contributed by atoms with van der Waals surface area (Å²) < 4.78 is 1.69. The number of aryl methyl sites for hydroxylation is 1. The van der Waals surface area contributed by atoms with Crippen LogP contribution < -0.4 is 0 Å². The fourth-order valence-electron chi connectivity index (χ4n) is 2.01. The SMILES string of the molecule is Cc1ncsc1C=CC(=O)c1ccccc1-n1cccn1. The van der Waals surface area contributed by atoms with E-state index in [0.29, 0.717) is 5.56 Å². The lowest BCUT2D eigenvalue weighted by Gasteiger charge is -2.06. The number of allylic oxidation sites excluding steroid dienone is 1. The van der Waals surface area contributed by atoms with Crippen LogP contribution in [0.3, 0.4) is 0 Å². The predicted octanol–water partition coefficient (Wildman–Crippen LogP) is 3.53. The third-order valence-corrected chi connectivity index (χ3v) is 3.99. The average molecular weight is 295 g/mol. The number of nitrogens with zero attached hydrogens (tertiary/aromatic N) is 3. The van der Waals surface area contributed by atoms with Gasteiger partial charge >= 0.3 is 0 Å².